The molecule has 2 aromatic carbocycles. The Morgan fingerprint density at radius 2 is 1.81 bits per heavy atom. The van der Waals surface area contributed by atoms with Crippen molar-refractivity contribution in [1.29, 1.82) is 0 Å². The predicted molar refractivity (Wildman–Crippen MR) is 113 cm³/mol. The highest BCUT2D eigenvalue weighted by atomic mass is 19.1. The highest BCUT2D eigenvalue weighted by molar-refractivity contribution is 5.57. The summed E-state index contributed by atoms with van der Waals surface area (Å²) in [4.78, 5) is 21.6. The van der Waals surface area contributed by atoms with E-state index in [9.17, 15) is 9.18 Å². The maximum atomic E-state index is 13.1. The zero-order valence-corrected chi connectivity index (χ0v) is 16.5. The molecule has 0 atom stereocenters. The summed E-state index contributed by atoms with van der Waals surface area (Å²) in [5.41, 5.74) is 1.82. The molecule has 3 aromatic heterocycles. The van der Waals surface area contributed by atoms with Crippen molar-refractivity contribution in [3.8, 4) is 11.5 Å². The molecule has 9 heteroatoms. The minimum absolute atomic E-state index is 0.158. The van der Waals surface area contributed by atoms with Gasteiger partial charge in [0.2, 0.25) is 5.89 Å². The molecular weight excluding hydrogens is 399 g/mol. The molecule has 0 radical (unpaired) electrons. The van der Waals surface area contributed by atoms with E-state index in [0.717, 1.165) is 5.56 Å². The second kappa shape index (κ2) is 7.52. The van der Waals surface area contributed by atoms with Gasteiger partial charge >= 0.3 is 5.69 Å². The number of halogens is 1. The maximum absolute atomic E-state index is 13.1. The zero-order chi connectivity index (χ0) is 21.4. The quantitative estimate of drug-likeness (QED) is 0.469. The fourth-order valence-corrected chi connectivity index (χ4v) is 3.18. The molecule has 0 aliphatic heterocycles. The summed E-state index contributed by atoms with van der Waals surface area (Å²) in [6, 6.07) is 17.1. The molecule has 0 unspecified atom stereocenters. The molecule has 31 heavy (non-hydrogen) atoms. The minimum atomic E-state index is -0.334. The lowest BCUT2D eigenvalue weighted by Gasteiger charge is -2.04. The van der Waals surface area contributed by atoms with Crippen molar-refractivity contribution in [2.75, 3.05) is 5.32 Å². The van der Waals surface area contributed by atoms with Crippen molar-refractivity contribution in [1.82, 2.24) is 24.1 Å². The number of fused-ring (bicyclic) bond motifs is 1. The SMILES string of the molecule is Cc1oc(-c2ccccc2)nc1Cn1nc2nc(Nc3ccc(F)cc3)ccn2c1=O. The largest absolute Gasteiger partial charge is 0.441 e. The monoisotopic (exact) mass is 416 g/mol. The van der Waals surface area contributed by atoms with Gasteiger partial charge in [-0.05, 0) is 49.4 Å². The van der Waals surface area contributed by atoms with Crippen molar-refractivity contribution >= 4 is 17.3 Å². The minimum Gasteiger partial charge on any atom is -0.441 e. The maximum Gasteiger partial charge on any atom is 0.351 e. The van der Waals surface area contributed by atoms with Crippen LogP contribution in [0.2, 0.25) is 0 Å². The fraction of sp³-hybridized carbons (Fsp3) is 0.0909. The van der Waals surface area contributed by atoms with Crippen LogP contribution in [0.4, 0.5) is 15.9 Å². The molecule has 0 saturated heterocycles. The third-order valence-electron chi connectivity index (χ3n) is 4.78. The van der Waals surface area contributed by atoms with E-state index in [1.165, 1.54) is 21.2 Å². The molecule has 8 nitrogen and oxygen atoms in total. The zero-order valence-electron chi connectivity index (χ0n) is 16.5. The van der Waals surface area contributed by atoms with Gasteiger partial charge in [0, 0.05) is 17.4 Å². The number of aromatic nitrogens is 5. The van der Waals surface area contributed by atoms with E-state index < -0.39 is 0 Å². The molecule has 0 spiro atoms. The smallest absolute Gasteiger partial charge is 0.351 e. The Labute approximate surface area is 175 Å². The molecule has 5 rings (SSSR count). The van der Waals surface area contributed by atoms with Crippen LogP contribution >= 0.6 is 0 Å². The molecule has 0 fully saturated rings. The highest BCUT2D eigenvalue weighted by Gasteiger charge is 2.15. The van der Waals surface area contributed by atoms with E-state index in [2.05, 4.69) is 20.4 Å². The van der Waals surface area contributed by atoms with E-state index in [4.69, 9.17) is 4.42 Å². The third kappa shape index (κ3) is 3.68. The first-order valence-electron chi connectivity index (χ1n) is 9.57. The van der Waals surface area contributed by atoms with Crippen molar-refractivity contribution < 1.29 is 8.81 Å². The fourth-order valence-electron chi connectivity index (χ4n) is 3.18. The first-order chi connectivity index (χ1) is 15.1. The number of hydrogen-bond acceptors (Lipinski definition) is 6. The Morgan fingerprint density at radius 1 is 1.03 bits per heavy atom. The van der Waals surface area contributed by atoms with Gasteiger partial charge in [0.1, 0.15) is 23.1 Å². The standard InChI is InChI=1S/C22H17FN6O2/c1-14-18(25-20(31-14)15-5-3-2-4-6-15)13-29-22(30)28-12-11-19(26-21(28)27-29)24-17-9-7-16(23)8-10-17/h2-12H,13H2,1H3,(H,24,26,27). The molecule has 1 N–H and O–H groups in total. The summed E-state index contributed by atoms with van der Waals surface area (Å²) in [5.74, 6) is 1.52. The van der Waals surface area contributed by atoms with Gasteiger partial charge in [-0.1, -0.05) is 18.2 Å². The average molecular weight is 416 g/mol. The summed E-state index contributed by atoms with van der Waals surface area (Å²) in [5, 5.41) is 7.38. The number of oxazole rings is 1. The van der Waals surface area contributed by atoms with Gasteiger partial charge in [0.15, 0.2) is 0 Å². The van der Waals surface area contributed by atoms with Crippen LogP contribution in [-0.4, -0.2) is 24.1 Å². The number of benzene rings is 2. The molecule has 0 aliphatic rings. The molecular formula is C22H17FN6O2. The average Bonchev–Trinajstić information content (AvgIpc) is 3.30. The van der Waals surface area contributed by atoms with Crippen molar-refractivity contribution in [2.24, 2.45) is 0 Å². The van der Waals surface area contributed by atoms with Crippen LogP contribution in [-0.2, 0) is 6.54 Å². The normalized spacial score (nSPS) is 11.2. The van der Waals surface area contributed by atoms with Crippen molar-refractivity contribution in [3.05, 3.63) is 94.6 Å². The van der Waals surface area contributed by atoms with Gasteiger partial charge in [0.25, 0.3) is 5.78 Å². The summed E-state index contributed by atoms with van der Waals surface area (Å²) < 4.78 is 21.5. The van der Waals surface area contributed by atoms with Crippen LogP contribution in [0.25, 0.3) is 17.2 Å². The van der Waals surface area contributed by atoms with E-state index in [1.54, 1.807) is 31.3 Å². The van der Waals surface area contributed by atoms with E-state index in [0.29, 0.717) is 28.9 Å². The molecule has 0 amide bonds. The van der Waals surface area contributed by atoms with Crippen LogP contribution < -0.4 is 11.0 Å². The van der Waals surface area contributed by atoms with Gasteiger partial charge in [-0.3, -0.25) is 0 Å². The van der Waals surface area contributed by atoms with E-state index >= 15 is 0 Å². The Balaban J connectivity index is 1.43. The van der Waals surface area contributed by atoms with Crippen LogP contribution in [0.1, 0.15) is 11.5 Å². The first-order valence-corrected chi connectivity index (χ1v) is 9.57. The molecule has 5 aromatic rings. The number of nitrogens with zero attached hydrogens (tertiary/aromatic N) is 5. The van der Waals surface area contributed by atoms with Crippen LogP contribution in [0.5, 0.6) is 0 Å². The lowest BCUT2D eigenvalue weighted by molar-refractivity contribution is 0.535. The summed E-state index contributed by atoms with van der Waals surface area (Å²) >= 11 is 0. The number of rotatable bonds is 5. The Bertz CT molecular complexity index is 1420. The van der Waals surface area contributed by atoms with Gasteiger partial charge in [-0.15, -0.1) is 5.10 Å². The molecule has 3 heterocycles. The van der Waals surface area contributed by atoms with Crippen molar-refractivity contribution in [2.45, 2.75) is 13.5 Å². The number of aryl methyl sites for hydroxylation is 1. The molecule has 0 aliphatic carbocycles. The van der Waals surface area contributed by atoms with Crippen LogP contribution in [0.3, 0.4) is 0 Å². The number of nitrogens with one attached hydrogen (secondary N) is 1. The van der Waals surface area contributed by atoms with Crippen LogP contribution in [0, 0.1) is 12.7 Å². The van der Waals surface area contributed by atoms with E-state index in [-0.39, 0.29) is 23.8 Å². The van der Waals surface area contributed by atoms with Crippen LogP contribution in [0.15, 0.2) is 76.1 Å². The molecule has 0 bridgehead atoms. The lowest BCUT2D eigenvalue weighted by Crippen LogP contribution is -2.22. The van der Waals surface area contributed by atoms with Gasteiger partial charge in [-0.25, -0.2) is 23.3 Å². The highest BCUT2D eigenvalue weighted by Crippen LogP contribution is 2.21. The second-order valence-electron chi connectivity index (χ2n) is 6.94. The Hall–Kier alpha value is -4.27. The first kappa shape index (κ1) is 18.7. The van der Waals surface area contributed by atoms with E-state index in [1.807, 2.05) is 30.3 Å². The topological polar surface area (TPSA) is 90.2 Å². The summed E-state index contributed by atoms with van der Waals surface area (Å²) in [7, 11) is 0. The Kier molecular flexibility index (Phi) is 4.55. The predicted octanol–water partition coefficient (Wildman–Crippen LogP) is 3.79. The third-order valence-corrected chi connectivity index (χ3v) is 4.78. The Morgan fingerprint density at radius 3 is 2.58 bits per heavy atom. The van der Waals surface area contributed by atoms with Gasteiger partial charge in [0.05, 0.1) is 6.54 Å². The molecule has 0 saturated carbocycles. The van der Waals surface area contributed by atoms with Gasteiger partial charge in [-0.2, -0.15) is 4.98 Å². The summed E-state index contributed by atoms with van der Waals surface area (Å²) in [6.07, 6.45) is 1.59. The second-order valence-corrected chi connectivity index (χ2v) is 6.94. The summed E-state index contributed by atoms with van der Waals surface area (Å²) in [6.45, 7) is 1.96. The van der Waals surface area contributed by atoms with Crippen molar-refractivity contribution in [3.63, 3.8) is 0 Å². The number of hydrogen-bond donors (Lipinski definition) is 1. The molecule has 154 valence electrons. The van der Waals surface area contributed by atoms with Gasteiger partial charge < -0.3 is 9.73 Å². The lowest BCUT2D eigenvalue weighted by atomic mass is 10.2. The number of anilines is 2.